The predicted molar refractivity (Wildman–Crippen MR) is 86.3 cm³/mol. The number of H-pyrrole nitrogens is 1. The number of para-hydroxylation sites is 1. The summed E-state index contributed by atoms with van der Waals surface area (Å²) in [7, 11) is 0. The third-order valence-electron chi connectivity index (χ3n) is 5.99. The molecule has 0 radical (unpaired) electrons. The maximum absolute atomic E-state index is 3.77. The molecule has 3 aliphatic rings. The quantitative estimate of drug-likeness (QED) is 0.720. The van der Waals surface area contributed by atoms with Crippen LogP contribution >= 0.6 is 0 Å². The molecule has 2 aromatic rings. The lowest BCUT2D eigenvalue weighted by Crippen LogP contribution is -2.32. The number of hydrogen-bond acceptors (Lipinski definition) is 1. The van der Waals surface area contributed by atoms with Crippen LogP contribution in [0.4, 0.5) is 0 Å². The summed E-state index contributed by atoms with van der Waals surface area (Å²) in [5.74, 6) is 1.69. The molecule has 5 rings (SSSR count). The van der Waals surface area contributed by atoms with Crippen LogP contribution in [0.15, 0.2) is 35.9 Å². The number of aromatic nitrogens is 1. The summed E-state index contributed by atoms with van der Waals surface area (Å²) in [4.78, 5) is 6.52. The number of nitrogens with zero attached hydrogens (tertiary/aromatic N) is 1. The Hall–Kier alpha value is -1.54. The molecule has 2 nitrogen and oxygen atoms in total. The molecule has 0 bridgehead atoms. The SMILES string of the molecule is CC1=CCC2C(C1)CN1CCc3c([nH]c4ccccc34)C21. The summed E-state index contributed by atoms with van der Waals surface area (Å²) in [6, 6.07) is 9.47. The normalized spacial score (nSPS) is 31.7. The van der Waals surface area contributed by atoms with E-state index in [9.17, 15) is 0 Å². The van der Waals surface area contributed by atoms with Gasteiger partial charge >= 0.3 is 0 Å². The van der Waals surface area contributed by atoms with Crippen LogP contribution in [0, 0.1) is 11.8 Å². The third kappa shape index (κ3) is 1.63. The Morgan fingerprint density at radius 3 is 3.10 bits per heavy atom. The Bertz CT molecular complexity index is 739. The summed E-state index contributed by atoms with van der Waals surface area (Å²) in [6.07, 6.45) is 6.28. The second kappa shape index (κ2) is 4.23. The van der Waals surface area contributed by atoms with E-state index in [1.807, 2.05) is 0 Å². The molecule has 1 fully saturated rings. The van der Waals surface area contributed by atoms with Gasteiger partial charge in [0.2, 0.25) is 0 Å². The smallest absolute Gasteiger partial charge is 0.0536 e. The van der Waals surface area contributed by atoms with Gasteiger partial charge in [0.1, 0.15) is 0 Å². The molecule has 1 aromatic carbocycles. The van der Waals surface area contributed by atoms with Gasteiger partial charge in [-0.15, -0.1) is 0 Å². The fourth-order valence-electron chi connectivity index (χ4n) is 5.08. The van der Waals surface area contributed by atoms with Crippen molar-refractivity contribution in [3.05, 3.63) is 47.2 Å². The first-order valence-electron chi connectivity index (χ1n) is 8.30. The molecule has 1 aromatic heterocycles. The van der Waals surface area contributed by atoms with E-state index in [-0.39, 0.29) is 0 Å². The van der Waals surface area contributed by atoms with Gasteiger partial charge in [0.05, 0.1) is 6.04 Å². The van der Waals surface area contributed by atoms with E-state index in [0.29, 0.717) is 6.04 Å². The topological polar surface area (TPSA) is 19.0 Å². The molecule has 1 saturated heterocycles. The Labute approximate surface area is 125 Å². The van der Waals surface area contributed by atoms with E-state index in [2.05, 4.69) is 47.1 Å². The molecule has 1 N–H and O–H groups in total. The molecular weight excluding hydrogens is 256 g/mol. The van der Waals surface area contributed by atoms with Crippen LogP contribution in [0.2, 0.25) is 0 Å². The first-order valence-corrected chi connectivity index (χ1v) is 8.30. The van der Waals surface area contributed by atoms with Crippen LogP contribution in [-0.4, -0.2) is 23.0 Å². The average Bonchev–Trinajstić information content (AvgIpc) is 3.03. The number of benzene rings is 1. The predicted octanol–water partition coefficient (Wildman–Crippen LogP) is 4.05. The van der Waals surface area contributed by atoms with Gasteiger partial charge < -0.3 is 4.98 Å². The van der Waals surface area contributed by atoms with Crippen molar-refractivity contribution in [3.63, 3.8) is 0 Å². The maximum Gasteiger partial charge on any atom is 0.0536 e. The number of fused-ring (bicyclic) bond motifs is 7. The molecule has 2 heteroatoms. The molecule has 0 amide bonds. The molecule has 0 spiro atoms. The highest BCUT2D eigenvalue weighted by Crippen LogP contribution is 2.50. The van der Waals surface area contributed by atoms with Crippen LogP contribution in [0.5, 0.6) is 0 Å². The lowest BCUT2D eigenvalue weighted by molar-refractivity contribution is 0.211. The van der Waals surface area contributed by atoms with E-state index in [4.69, 9.17) is 0 Å². The number of aromatic amines is 1. The zero-order valence-corrected chi connectivity index (χ0v) is 12.6. The van der Waals surface area contributed by atoms with Crippen LogP contribution < -0.4 is 0 Å². The average molecular weight is 278 g/mol. The third-order valence-corrected chi connectivity index (χ3v) is 5.99. The number of allylic oxidation sites excluding steroid dienone is 2. The van der Waals surface area contributed by atoms with Crippen molar-refractivity contribution in [2.24, 2.45) is 11.8 Å². The summed E-state index contributed by atoms with van der Waals surface area (Å²) in [6.45, 7) is 4.85. The highest BCUT2D eigenvalue weighted by molar-refractivity contribution is 5.85. The summed E-state index contributed by atoms with van der Waals surface area (Å²) >= 11 is 0. The number of hydrogen-bond donors (Lipinski definition) is 1. The summed E-state index contributed by atoms with van der Waals surface area (Å²) < 4.78 is 0. The maximum atomic E-state index is 3.77. The minimum atomic E-state index is 0.635. The molecule has 108 valence electrons. The van der Waals surface area contributed by atoms with E-state index in [1.54, 1.807) is 11.1 Å². The van der Waals surface area contributed by atoms with E-state index in [0.717, 1.165) is 11.8 Å². The lowest BCUT2D eigenvalue weighted by Gasteiger charge is -2.33. The van der Waals surface area contributed by atoms with Gasteiger partial charge in [-0.1, -0.05) is 29.8 Å². The highest BCUT2D eigenvalue weighted by Gasteiger charge is 2.46. The molecule has 3 unspecified atom stereocenters. The van der Waals surface area contributed by atoms with Crippen LogP contribution in [0.3, 0.4) is 0 Å². The summed E-state index contributed by atoms with van der Waals surface area (Å²) in [5, 5.41) is 1.46. The standard InChI is InChI=1S/C19H22N2/c1-12-6-7-14-13(10-12)11-21-9-8-16-15-4-2-3-5-17(15)20-18(16)19(14)21/h2-6,13-14,19-20H,7-11H2,1H3. The van der Waals surface area contributed by atoms with Crippen molar-refractivity contribution in [3.8, 4) is 0 Å². The Morgan fingerprint density at radius 1 is 1.24 bits per heavy atom. The highest BCUT2D eigenvalue weighted by atomic mass is 15.2. The van der Waals surface area contributed by atoms with Crippen molar-refractivity contribution in [1.29, 1.82) is 0 Å². The van der Waals surface area contributed by atoms with Gasteiger partial charge in [-0.2, -0.15) is 0 Å². The Kier molecular flexibility index (Phi) is 2.43. The van der Waals surface area contributed by atoms with E-state index in [1.165, 1.54) is 48.9 Å². The molecule has 1 aliphatic carbocycles. The largest absolute Gasteiger partial charge is 0.357 e. The van der Waals surface area contributed by atoms with Crippen LogP contribution in [0.25, 0.3) is 10.9 Å². The van der Waals surface area contributed by atoms with Crippen LogP contribution in [-0.2, 0) is 6.42 Å². The van der Waals surface area contributed by atoms with Crippen molar-refractivity contribution in [1.82, 2.24) is 9.88 Å². The fraction of sp³-hybridized carbons (Fsp3) is 0.474. The second-order valence-electron chi connectivity index (χ2n) is 7.17. The minimum absolute atomic E-state index is 0.635. The molecule has 2 aliphatic heterocycles. The second-order valence-corrected chi connectivity index (χ2v) is 7.17. The number of nitrogens with one attached hydrogen (secondary N) is 1. The monoisotopic (exact) mass is 278 g/mol. The molecule has 3 heterocycles. The van der Waals surface area contributed by atoms with Crippen molar-refractivity contribution in [2.45, 2.75) is 32.2 Å². The van der Waals surface area contributed by atoms with Crippen molar-refractivity contribution < 1.29 is 0 Å². The zero-order chi connectivity index (χ0) is 14.0. The van der Waals surface area contributed by atoms with Gasteiger partial charge in [-0.25, -0.2) is 0 Å². The molecule has 0 saturated carbocycles. The van der Waals surface area contributed by atoms with E-state index < -0.39 is 0 Å². The lowest BCUT2D eigenvalue weighted by atomic mass is 9.77. The van der Waals surface area contributed by atoms with E-state index >= 15 is 0 Å². The molecule has 3 atom stereocenters. The first-order chi connectivity index (χ1) is 10.3. The van der Waals surface area contributed by atoms with Crippen LogP contribution in [0.1, 0.15) is 37.1 Å². The van der Waals surface area contributed by atoms with Gasteiger partial charge in [0.25, 0.3) is 0 Å². The summed E-state index contributed by atoms with van der Waals surface area (Å²) in [5.41, 5.74) is 6.06. The first kappa shape index (κ1) is 12.0. The zero-order valence-electron chi connectivity index (χ0n) is 12.6. The van der Waals surface area contributed by atoms with Gasteiger partial charge in [0, 0.05) is 29.7 Å². The Morgan fingerprint density at radius 2 is 2.14 bits per heavy atom. The molecule has 21 heavy (non-hydrogen) atoms. The minimum Gasteiger partial charge on any atom is -0.357 e. The van der Waals surface area contributed by atoms with Crippen molar-refractivity contribution in [2.75, 3.05) is 13.1 Å². The van der Waals surface area contributed by atoms with Gasteiger partial charge in [0.15, 0.2) is 0 Å². The fourth-order valence-corrected chi connectivity index (χ4v) is 5.08. The molecular formula is C19H22N2. The Balaban J connectivity index is 1.64. The van der Waals surface area contributed by atoms with Gasteiger partial charge in [-0.3, -0.25) is 4.90 Å². The number of rotatable bonds is 0. The van der Waals surface area contributed by atoms with Crippen molar-refractivity contribution >= 4 is 10.9 Å². The van der Waals surface area contributed by atoms with Gasteiger partial charge in [-0.05, 0) is 49.7 Å².